The molecular weight excluding hydrogens is 423 g/mol. The summed E-state index contributed by atoms with van der Waals surface area (Å²) in [6.45, 7) is -1.17. The summed E-state index contributed by atoms with van der Waals surface area (Å²) >= 11 is 0. The maximum atomic E-state index is 12.4. The molecule has 0 aliphatic heterocycles. The average Bonchev–Trinajstić information content (AvgIpc) is 3.27. The number of nitrogens with two attached hydrogens (primary N) is 1. The molecule has 0 bridgehead atoms. The lowest BCUT2D eigenvalue weighted by Crippen LogP contribution is -2.21. The number of rotatable bonds is 6. The molecule has 4 aromatic rings. The van der Waals surface area contributed by atoms with Crippen LogP contribution in [0, 0.1) is 0 Å². The van der Waals surface area contributed by atoms with Crippen molar-refractivity contribution < 1.29 is 13.2 Å². The monoisotopic (exact) mass is 441 g/mol. The fourth-order valence-corrected chi connectivity index (χ4v) is 2.90. The van der Waals surface area contributed by atoms with E-state index in [4.69, 9.17) is 5.73 Å². The summed E-state index contributed by atoms with van der Waals surface area (Å²) in [5.74, 6) is 0.704. The van der Waals surface area contributed by atoms with Gasteiger partial charge in [0.25, 0.3) is 0 Å². The molecule has 0 spiro atoms. The van der Waals surface area contributed by atoms with E-state index in [0.29, 0.717) is 17.2 Å². The number of imidazole rings is 1. The molecule has 0 saturated heterocycles. The van der Waals surface area contributed by atoms with Crippen LogP contribution in [-0.4, -0.2) is 49.3 Å². The van der Waals surface area contributed by atoms with Crippen LogP contribution < -0.4 is 16.0 Å². The molecule has 0 radical (unpaired) electrons. The zero-order valence-corrected chi connectivity index (χ0v) is 16.8. The number of para-hydroxylation sites is 1. The van der Waals surface area contributed by atoms with E-state index >= 15 is 0 Å². The van der Waals surface area contributed by atoms with E-state index in [-0.39, 0.29) is 17.7 Å². The summed E-state index contributed by atoms with van der Waals surface area (Å²) in [5.41, 5.74) is 7.98. The van der Waals surface area contributed by atoms with Crippen molar-refractivity contribution in [3.63, 3.8) is 0 Å². The first-order valence-electron chi connectivity index (χ1n) is 9.40. The van der Waals surface area contributed by atoms with Gasteiger partial charge in [-0.3, -0.25) is 4.57 Å². The Morgan fingerprint density at radius 3 is 2.50 bits per heavy atom. The first kappa shape index (κ1) is 21.0. The first-order chi connectivity index (χ1) is 15.3. The predicted octanol–water partition coefficient (Wildman–Crippen LogP) is 3.44. The maximum absolute atomic E-state index is 12.4. The number of pyridine rings is 1. The summed E-state index contributed by atoms with van der Waals surface area (Å²) in [5, 5.41) is 2.23. The molecule has 0 aliphatic rings. The van der Waals surface area contributed by atoms with Gasteiger partial charge in [-0.1, -0.05) is 18.2 Å². The second-order valence-corrected chi connectivity index (χ2v) is 6.74. The topological polar surface area (TPSA) is 111 Å². The van der Waals surface area contributed by atoms with Crippen molar-refractivity contribution in [2.24, 2.45) is 0 Å². The number of aromatic nitrogens is 6. The standard InChI is InChI=1S/C20H18F3N9/c1-31(14-5-3-2-4-6-14)18-28-17(24)29-19(30-18)32-12-25-10-15(32)13-7-8-16(26-9-13)27-11-20(21,22)23/h2-10,12H,11H2,1H3,(H,26,27)(H2,24,28,29,30). The summed E-state index contributed by atoms with van der Waals surface area (Å²) in [7, 11) is 1.80. The average molecular weight is 441 g/mol. The van der Waals surface area contributed by atoms with Crippen molar-refractivity contribution in [2.75, 3.05) is 29.5 Å². The molecule has 0 aliphatic carbocycles. The number of hydrogen-bond acceptors (Lipinski definition) is 8. The van der Waals surface area contributed by atoms with Crippen molar-refractivity contribution in [1.82, 2.24) is 29.5 Å². The summed E-state index contributed by atoms with van der Waals surface area (Å²) in [4.78, 5) is 22.9. The quantitative estimate of drug-likeness (QED) is 0.468. The Labute approximate surface area is 180 Å². The van der Waals surface area contributed by atoms with E-state index in [1.165, 1.54) is 18.6 Å². The van der Waals surface area contributed by atoms with Crippen LogP contribution in [0.5, 0.6) is 0 Å². The Morgan fingerprint density at radius 1 is 1.03 bits per heavy atom. The zero-order chi connectivity index (χ0) is 22.7. The van der Waals surface area contributed by atoms with Gasteiger partial charge in [0.15, 0.2) is 0 Å². The maximum Gasteiger partial charge on any atom is 0.405 e. The van der Waals surface area contributed by atoms with Gasteiger partial charge in [-0.15, -0.1) is 0 Å². The van der Waals surface area contributed by atoms with Gasteiger partial charge in [0.2, 0.25) is 17.8 Å². The lowest BCUT2D eigenvalue weighted by molar-refractivity contribution is -0.115. The summed E-state index contributed by atoms with van der Waals surface area (Å²) < 4.78 is 38.7. The van der Waals surface area contributed by atoms with Crippen LogP contribution in [0.15, 0.2) is 61.2 Å². The third-order valence-electron chi connectivity index (χ3n) is 4.46. The number of hydrogen-bond donors (Lipinski definition) is 2. The Morgan fingerprint density at radius 2 is 1.81 bits per heavy atom. The van der Waals surface area contributed by atoms with Gasteiger partial charge in [0, 0.05) is 24.5 Å². The van der Waals surface area contributed by atoms with Crippen LogP contribution in [0.25, 0.3) is 17.2 Å². The number of anilines is 4. The second-order valence-electron chi connectivity index (χ2n) is 6.74. The molecule has 4 rings (SSSR count). The van der Waals surface area contributed by atoms with Gasteiger partial charge < -0.3 is 16.0 Å². The number of halogens is 3. The third kappa shape index (κ3) is 4.74. The van der Waals surface area contributed by atoms with Crippen molar-refractivity contribution in [3.05, 3.63) is 61.2 Å². The van der Waals surface area contributed by atoms with Crippen molar-refractivity contribution in [2.45, 2.75) is 6.18 Å². The van der Waals surface area contributed by atoms with Gasteiger partial charge in [-0.2, -0.15) is 28.1 Å². The van der Waals surface area contributed by atoms with E-state index in [1.807, 2.05) is 30.3 Å². The zero-order valence-electron chi connectivity index (χ0n) is 16.8. The molecule has 0 saturated carbocycles. The molecule has 1 aromatic carbocycles. The molecule has 0 fully saturated rings. The van der Waals surface area contributed by atoms with Gasteiger partial charge >= 0.3 is 6.18 Å². The molecule has 0 amide bonds. The largest absolute Gasteiger partial charge is 0.405 e. The van der Waals surface area contributed by atoms with Gasteiger partial charge in [-0.25, -0.2) is 9.97 Å². The van der Waals surface area contributed by atoms with Crippen molar-refractivity contribution >= 4 is 23.4 Å². The molecule has 3 heterocycles. The molecule has 9 nitrogen and oxygen atoms in total. The first-order valence-corrected chi connectivity index (χ1v) is 9.40. The number of nitrogens with zero attached hydrogens (tertiary/aromatic N) is 7. The molecule has 3 N–H and O–H groups in total. The summed E-state index contributed by atoms with van der Waals surface area (Å²) in [6, 6.07) is 12.6. The van der Waals surface area contributed by atoms with E-state index in [2.05, 4.69) is 30.2 Å². The van der Waals surface area contributed by atoms with Crippen LogP contribution in [0.2, 0.25) is 0 Å². The van der Waals surface area contributed by atoms with Crippen molar-refractivity contribution in [1.29, 1.82) is 0 Å². The van der Waals surface area contributed by atoms with E-state index in [1.54, 1.807) is 28.8 Å². The van der Waals surface area contributed by atoms with E-state index in [9.17, 15) is 13.2 Å². The fourth-order valence-electron chi connectivity index (χ4n) is 2.90. The van der Waals surface area contributed by atoms with Crippen LogP contribution >= 0.6 is 0 Å². The van der Waals surface area contributed by atoms with Gasteiger partial charge in [0.05, 0.1) is 11.9 Å². The van der Waals surface area contributed by atoms with Gasteiger partial charge in [-0.05, 0) is 24.3 Å². The third-order valence-corrected chi connectivity index (χ3v) is 4.46. The molecule has 12 heteroatoms. The highest BCUT2D eigenvalue weighted by Gasteiger charge is 2.26. The fraction of sp³-hybridized carbons (Fsp3) is 0.150. The van der Waals surface area contributed by atoms with E-state index < -0.39 is 12.7 Å². The van der Waals surface area contributed by atoms with Gasteiger partial charge in [0.1, 0.15) is 18.7 Å². The number of benzene rings is 1. The van der Waals surface area contributed by atoms with Crippen LogP contribution in [0.4, 0.5) is 36.6 Å². The molecule has 0 unspecified atom stereocenters. The molecule has 3 aromatic heterocycles. The summed E-state index contributed by atoms with van der Waals surface area (Å²) in [6.07, 6.45) is 0.183. The molecule has 164 valence electrons. The molecule has 0 atom stereocenters. The lowest BCUT2D eigenvalue weighted by Gasteiger charge is -2.18. The highest BCUT2D eigenvalue weighted by molar-refractivity contribution is 5.62. The Bertz CT molecular complexity index is 1190. The molecular formula is C20H18F3N9. The van der Waals surface area contributed by atoms with Crippen LogP contribution in [-0.2, 0) is 0 Å². The van der Waals surface area contributed by atoms with Crippen LogP contribution in [0.1, 0.15) is 0 Å². The minimum Gasteiger partial charge on any atom is -0.368 e. The Balaban J connectivity index is 1.63. The second kappa shape index (κ2) is 8.49. The minimum atomic E-state index is -4.33. The Kier molecular flexibility index (Phi) is 5.58. The normalized spacial score (nSPS) is 11.4. The predicted molar refractivity (Wildman–Crippen MR) is 114 cm³/mol. The Hall–Kier alpha value is -4.22. The number of nitrogen functional groups attached to an aromatic ring is 1. The minimum absolute atomic E-state index is 0.0252. The number of nitrogens with one attached hydrogen (secondary N) is 1. The molecule has 32 heavy (non-hydrogen) atoms. The van der Waals surface area contributed by atoms with Crippen LogP contribution in [0.3, 0.4) is 0 Å². The van der Waals surface area contributed by atoms with E-state index in [0.717, 1.165) is 5.69 Å². The highest BCUT2D eigenvalue weighted by atomic mass is 19.4. The highest BCUT2D eigenvalue weighted by Crippen LogP contribution is 2.25. The number of alkyl halides is 3. The SMILES string of the molecule is CN(c1ccccc1)c1nc(N)nc(-n2cncc2-c2ccc(NCC(F)(F)F)nc2)n1. The lowest BCUT2D eigenvalue weighted by atomic mass is 10.2. The smallest absolute Gasteiger partial charge is 0.368 e. The van der Waals surface area contributed by atoms with Crippen molar-refractivity contribution in [3.8, 4) is 17.2 Å².